The molecule has 1 rings (SSSR count). The number of benzene rings is 1. The third-order valence-electron chi connectivity index (χ3n) is 3.02. The first-order chi connectivity index (χ1) is 10.5. The van der Waals surface area contributed by atoms with Crippen molar-refractivity contribution in [2.45, 2.75) is 44.7 Å². The number of nitrogens with one attached hydrogen (secondary N) is 2. The van der Waals surface area contributed by atoms with Gasteiger partial charge in [-0.2, -0.15) is 0 Å². The van der Waals surface area contributed by atoms with Gasteiger partial charge in [0.05, 0.1) is 4.90 Å². The predicted molar refractivity (Wildman–Crippen MR) is 85.6 cm³/mol. The van der Waals surface area contributed by atoms with Gasteiger partial charge in [-0.25, -0.2) is 17.9 Å². The first-order valence-corrected chi connectivity index (χ1v) is 8.69. The van der Waals surface area contributed by atoms with E-state index in [4.69, 9.17) is 5.11 Å². The van der Waals surface area contributed by atoms with Gasteiger partial charge in [-0.05, 0) is 38.0 Å². The fourth-order valence-electron chi connectivity index (χ4n) is 1.92. The van der Waals surface area contributed by atoms with Gasteiger partial charge in [0.15, 0.2) is 0 Å². The Labute approximate surface area is 136 Å². The van der Waals surface area contributed by atoms with E-state index in [0.717, 1.165) is 0 Å². The summed E-state index contributed by atoms with van der Waals surface area (Å²) in [6, 6.07) is 4.14. The van der Waals surface area contributed by atoms with Crippen LogP contribution in [0.25, 0.3) is 0 Å². The molecule has 0 spiro atoms. The van der Waals surface area contributed by atoms with Crippen molar-refractivity contribution >= 4 is 21.9 Å². The third-order valence-corrected chi connectivity index (χ3v) is 4.67. The lowest BCUT2D eigenvalue weighted by molar-refractivity contribution is -0.140. The largest absolute Gasteiger partial charge is 0.480 e. The molecule has 1 unspecified atom stereocenters. The van der Waals surface area contributed by atoms with Crippen molar-refractivity contribution in [3.05, 3.63) is 29.8 Å². The Kier molecular flexibility index (Phi) is 6.28. The molecule has 128 valence electrons. The zero-order valence-corrected chi connectivity index (χ0v) is 14.3. The summed E-state index contributed by atoms with van der Waals surface area (Å²) < 4.78 is 26.7. The van der Waals surface area contributed by atoms with Crippen LogP contribution in [0.5, 0.6) is 0 Å². The highest BCUT2D eigenvalue weighted by atomic mass is 32.2. The van der Waals surface area contributed by atoms with Crippen LogP contribution in [-0.2, 0) is 14.8 Å². The van der Waals surface area contributed by atoms with Gasteiger partial charge in [-0.3, -0.25) is 4.79 Å². The molecule has 1 atom stereocenters. The molecule has 0 aliphatic heterocycles. The van der Waals surface area contributed by atoms with Gasteiger partial charge in [0.2, 0.25) is 10.0 Å². The van der Waals surface area contributed by atoms with Gasteiger partial charge in [-0.1, -0.05) is 19.9 Å². The summed E-state index contributed by atoms with van der Waals surface area (Å²) >= 11 is 0. The minimum atomic E-state index is -3.72. The van der Waals surface area contributed by atoms with Crippen molar-refractivity contribution in [2.24, 2.45) is 5.92 Å². The minimum absolute atomic E-state index is 0.0460. The number of amides is 1. The van der Waals surface area contributed by atoms with E-state index in [9.17, 15) is 18.0 Å². The van der Waals surface area contributed by atoms with E-state index >= 15 is 0 Å². The van der Waals surface area contributed by atoms with Gasteiger partial charge in [0.25, 0.3) is 5.91 Å². The molecule has 0 fully saturated rings. The highest BCUT2D eigenvalue weighted by molar-refractivity contribution is 7.89. The number of hydrogen-bond acceptors (Lipinski definition) is 4. The summed E-state index contributed by atoms with van der Waals surface area (Å²) in [5, 5.41) is 11.5. The van der Waals surface area contributed by atoms with E-state index in [0.29, 0.717) is 0 Å². The molecule has 1 aromatic rings. The van der Waals surface area contributed by atoms with E-state index in [1.165, 1.54) is 24.3 Å². The van der Waals surface area contributed by atoms with Crippen molar-refractivity contribution in [3.8, 4) is 0 Å². The van der Waals surface area contributed by atoms with Gasteiger partial charge in [0, 0.05) is 11.6 Å². The van der Waals surface area contributed by atoms with Gasteiger partial charge in [0.1, 0.15) is 6.04 Å². The SMILES string of the molecule is CC(C)NS(=O)(=O)c1cccc(C(=O)NC(C(=O)O)C(C)C)c1. The maximum atomic E-state index is 12.2. The number of carboxylic acid groups (broad SMARTS) is 1. The van der Waals surface area contributed by atoms with E-state index in [1.54, 1.807) is 27.7 Å². The molecule has 1 aromatic carbocycles. The highest BCUT2D eigenvalue weighted by Crippen LogP contribution is 2.13. The second-order valence-electron chi connectivity index (χ2n) is 5.84. The van der Waals surface area contributed by atoms with Crippen molar-refractivity contribution < 1.29 is 23.1 Å². The van der Waals surface area contributed by atoms with Crippen molar-refractivity contribution in [1.29, 1.82) is 0 Å². The summed E-state index contributed by atoms with van der Waals surface area (Å²) in [5.41, 5.74) is 0.0866. The zero-order chi connectivity index (χ0) is 17.8. The number of hydrogen-bond donors (Lipinski definition) is 3. The Morgan fingerprint density at radius 1 is 1.13 bits per heavy atom. The Balaban J connectivity index is 3.05. The lowest BCUT2D eigenvalue weighted by atomic mass is 10.0. The summed E-state index contributed by atoms with van der Waals surface area (Å²) in [6.45, 7) is 6.72. The normalized spacial score (nSPS) is 13.1. The summed E-state index contributed by atoms with van der Waals surface area (Å²) in [7, 11) is -3.72. The van der Waals surface area contributed by atoms with Crippen LogP contribution >= 0.6 is 0 Å². The molecular weight excluding hydrogens is 320 g/mol. The van der Waals surface area contributed by atoms with Crippen LogP contribution in [0.3, 0.4) is 0 Å². The summed E-state index contributed by atoms with van der Waals surface area (Å²) in [6.07, 6.45) is 0. The fourth-order valence-corrected chi connectivity index (χ4v) is 3.22. The number of carbonyl (C=O) groups is 2. The lowest BCUT2D eigenvalue weighted by Crippen LogP contribution is -2.44. The topological polar surface area (TPSA) is 113 Å². The molecule has 0 radical (unpaired) electrons. The number of carbonyl (C=O) groups excluding carboxylic acids is 1. The molecule has 0 heterocycles. The lowest BCUT2D eigenvalue weighted by Gasteiger charge is -2.18. The van der Waals surface area contributed by atoms with Crippen molar-refractivity contribution in [3.63, 3.8) is 0 Å². The number of rotatable bonds is 7. The molecule has 1 amide bonds. The molecule has 0 aromatic heterocycles. The predicted octanol–water partition coefficient (Wildman–Crippen LogP) is 1.21. The van der Waals surface area contributed by atoms with Crippen LogP contribution in [0.4, 0.5) is 0 Å². The molecule has 8 heteroatoms. The Morgan fingerprint density at radius 3 is 2.22 bits per heavy atom. The maximum absolute atomic E-state index is 12.2. The minimum Gasteiger partial charge on any atom is -0.480 e. The third kappa shape index (κ3) is 5.33. The van der Waals surface area contributed by atoms with Crippen molar-refractivity contribution in [1.82, 2.24) is 10.0 Å². The average molecular weight is 342 g/mol. The second-order valence-corrected chi connectivity index (χ2v) is 7.55. The first kappa shape index (κ1) is 19.1. The number of aliphatic carboxylic acids is 1. The van der Waals surface area contributed by atoms with Crippen LogP contribution in [0.1, 0.15) is 38.1 Å². The molecule has 0 aliphatic carbocycles. The standard InChI is InChI=1S/C15H22N2O5S/c1-9(2)13(15(19)20)16-14(18)11-6-5-7-12(8-11)23(21,22)17-10(3)4/h5-10,13,17H,1-4H3,(H,16,18)(H,19,20). The molecule has 0 saturated heterocycles. The highest BCUT2D eigenvalue weighted by Gasteiger charge is 2.24. The van der Waals surface area contributed by atoms with E-state index in [-0.39, 0.29) is 22.4 Å². The first-order valence-electron chi connectivity index (χ1n) is 7.20. The van der Waals surface area contributed by atoms with Gasteiger partial charge < -0.3 is 10.4 Å². The summed E-state index contributed by atoms with van der Waals surface area (Å²) in [5.74, 6) is -2.07. The Morgan fingerprint density at radius 2 is 1.74 bits per heavy atom. The van der Waals surface area contributed by atoms with Gasteiger partial charge in [-0.15, -0.1) is 0 Å². The molecule has 3 N–H and O–H groups in total. The second kappa shape index (κ2) is 7.56. The Bertz CT molecular complexity index is 683. The molecule has 0 aliphatic rings. The number of sulfonamides is 1. The van der Waals surface area contributed by atoms with Gasteiger partial charge >= 0.3 is 5.97 Å². The average Bonchev–Trinajstić information content (AvgIpc) is 2.42. The molecule has 23 heavy (non-hydrogen) atoms. The van der Waals surface area contributed by atoms with Crippen LogP contribution in [0, 0.1) is 5.92 Å². The summed E-state index contributed by atoms with van der Waals surface area (Å²) in [4.78, 5) is 23.3. The van der Waals surface area contributed by atoms with Crippen LogP contribution in [0.15, 0.2) is 29.2 Å². The van der Waals surface area contributed by atoms with Crippen LogP contribution in [-0.4, -0.2) is 37.5 Å². The van der Waals surface area contributed by atoms with E-state index < -0.39 is 27.9 Å². The van der Waals surface area contributed by atoms with Crippen LogP contribution < -0.4 is 10.0 Å². The molecule has 7 nitrogen and oxygen atoms in total. The molecule has 0 bridgehead atoms. The smallest absolute Gasteiger partial charge is 0.326 e. The molecule has 0 saturated carbocycles. The quantitative estimate of drug-likeness (QED) is 0.689. The van der Waals surface area contributed by atoms with E-state index in [2.05, 4.69) is 10.0 Å². The Hall–Kier alpha value is -1.93. The monoisotopic (exact) mass is 342 g/mol. The maximum Gasteiger partial charge on any atom is 0.326 e. The molecular formula is C15H22N2O5S. The fraction of sp³-hybridized carbons (Fsp3) is 0.467. The zero-order valence-electron chi connectivity index (χ0n) is 13.5. The van der Waals surface area contributed by atoms with E-state index in [1.807, 2.05) is 0 Å². The van der Waals surface area contributed by atoms with Crippen LogP contribution in [0.2, 0.25) is 0 Å². The number of carboxylic acids is 1. The van der Waals surface area contributed by atoms with Crippen molar-refractivity contribution in [2.75, 3.05) is 0 Å².